The normalized spacial score (nSPS) is 10.9. The van der Waals surface area contributed by atoms with Gasteiger partial charge in [-0.05, 0) is 60.5 Å². The van der Waals surface area contributed by atoms with E-state index in [-0.39, 0.29) is 11.7 Å². The fourth-order valence-corrected chi connectivity index (χ4v) is 3.48. The number of carbonyl (C=O) groups is 1. The monoisotopic (exact) mass is 412 g/mol. The Morgan fingerprint density at radius 3 is 2.59 bits per heavy atom. The lowest BCUT2D eigenvalue weighted by Gasteiger charge is -2.24. The van der Waals surface area contributed by atoms with Crippen LogP contribution in [0.1, 0.15) is 47.8 Å². The Morgan fingerprint density at radius 1 is 1.07 bits per heavy atom. The predicted molar refractivity (Wildman–Crippen MR) is 116 cm³/mol. The van der Waals surface area contributed by atoms with Crippen LogP contribution in [0.2, 0.25) is 5.02 Å². The highest BCUT2D eigenvalue weighted by molar-refractivity contribution is 6.30. The molecule has 0 radical (unpaired) electrons. The third kappa shape index (κ3) is 5.94. The van der Waals surface area contributed by atoms with Crippen molar-refractivity contribution in [2.75, 3.05) is 6.54 Å². The Labute approximate surface area is 176 Å². The van der Waals surface area contributed by atoms with Gasteiger partial charge in [0.25, 0.3) is 5.91 Å². The molecule has 1 aromatic heterocycles. The van der Waals surface area contributed by atoms with Gasteiger partial charge in [0.1, 0.15) is 5.82 Å². The first-order chi connectivity index (χ1) is 14.1. The maximum atomic E-state index is 13.5. The van der Waals surface area contributed by atoms with E-state index in [0.29, 0.717) is 30.2 Å². The van der Waals surface area contributed by atoms with Gasteiger partial charge in [-0.3, -0.25) is 4.79 Å². The highest BCUT2D eigenvalue weighted by Gasteiger charge is 2.17. The number of carbonyl (C=O) groups excluding carboxylic acids is 1. The number of nitrogens with zero attached hydrogens (tertiary/aromatic N) is 2. The van der Waals surface area contributed by atoms with Crippen LogP contribution in [0, 0.1) is 5.82 Å². The summed E-state index contributed by atoms with van der Waals surface area (Å²) in [4.78, 5) is 15.0. The van der Waals surface area contributed by atoms with E-state index < -0.39 is 0 Å². The number of amides is 1. The fourth-order valence-electron chi connectivity index (χ4n) is 3.35. The van der Waals surface area contributed by atoms with Crippen LogP contribution in [-0.4, -0.2) is 21.9 Å². The second-order valence-corrected chi connectivity index (χ2v) is 7.63. The Balaban J connectivity index is 1.78. The van der Waals surface area contributed by atoms with Crippen LogP contribution in [0.5, 0.6) is 0 Å². The molecular weight excluding hydrogens is 387 g/mol. The van der Waals surface area contributed by atoms with Gasteiger partial charge in [0.15, 0.2) is 0 Å². The van der Waals surface area contributed by atoms with Gasteiger partial charge >= 0.3 is 0 Å². The number of aromatic nitrogens is 1. The van der Waals surface area contributed by atoms with Crippen LogP contribution >= 0.6 is 11.6 Å². The van der Waals surface area contributed by atoms with Crippen LogP contribution in [0.15, 0.2) is 66.9 Å². The molecule has 0 saturated heterocycles. The van der Waals surface area contributed by atoms with Gasteiger partial charge in [-0.15, -0.1) is 0 Å². The molecule has 0 saturated carbocycles. The Morgan fingerprint density at radius 2 is 1.86 bits per heavy atom. The summed E-state index contributed by atoms with van der Waals surface area (Å²) in [7, 11) is 0. The molecule has 0 spiro atoms. The Hall–Kier alpha value is -2.59. The molecule has 3 nitrogen and oxygen atoms in total. The zero-order chi connectivity index (χ0) is 20.6. The minimum atomic E-state index is -0.240. The number of hydrogen-bond donors (Lipinski definition) is 0. The number of hydrogen-bond acceptors (Lipinski definition) is 1. The van der Waals surface area contributed by atoms with Gasteiger partial charge in [0.2, 0.25) is 0 Å². The third-order valence-corrected chi connectivity index (χ3v) is 5.18. The minimum absolute atomic E-state index is 0.00345. The summed E-state index contributed by atoms with van der Waals surface area (Å²) in [6.45, 7) is 3.92. The molecule has 152 valence electrons. The fraction of sp³-hybridized carbons (Fsp3) is 0.292. The third-order valence-electron chi connectivity index (χ3n) is 4.93. The second kappa shape index (κ2) is 10.3. The number of rotatable bonds is 9. The van der Waals surface area contributed by atoms with Gasteiger partial charge in [-0.1, -0.05) is 43.5 Å². The number of unbranched alkanes of at least 4 members (excludes halogenated alkanes) is 2. The smallest absolute Gasteiger partial charge is 0.254 e. The molecule has 0 unspecified atom stereocenters. The topological polar surface area (TPSA) is 25.2 Å². The van der Waals surface area contributed by atoms with Crippen molar-refractivity contribution >= 4 is 17.5 Å². The Bertz CT molecular complexity index is 936. The van der Waals surface area contributed by atoms with Crippen molar-refractivity contribution in [1.82, 2.24) is 9.47 Å². The van der Waals surface area contributed by atoms with Crippen molar-refractivity contribution in [3.63, 3.8) is 0 Å². The summed E-state index contributed by atoms with van der Waals surface area (Å²) in [6, 6.07) is 17.6. The molecule has 0 aliphatic carbocycles. The number of benzene rings is 2. The summed E-state index contributed by atoms with van der Waals surface area (Å²) in [6.07, 6.45) is 5.10. The first-order valence-electron chi connectivity index (χ1n) is 10.00. The standard InChI is InChI=1S/C24H26ClFN2O/c1-2-3-4-14-28(24(29)20-10-12-21(25)13-11-20)18-23-9-6-15-27(23)17-19-7-5-8-22(26)16-19/h5-13,15-16H,2-4,14,17-18H2,1H3. The zero-order valence-electron chi connectivity index (χ0n) is 16.7. The summed E-state index contributed by atoms with van der Waals surface area (Å²) in [5.41, 5.74) is 2.55. The summed E-state index contributed by atoms with van der Waals surface area (Å²) < 4.78 is 15.6. The maximum Gasteiger partial charge on any atom is 0.254 e. The van der Waals surface area contributed by atoms with E-state index >= 15 is 0 Å². The van der Waals surface area contributed by atoms with Crippen LogP contribution in [0.4, 0.5) is 4.39 Å². The van der Waals surface area contributed by atoms with Crippen molar-refractivity contribution in [2.24, 2.45) is 0 Å². The molecule has 1 heterocycles. The van der Waals surface area contributed by atoms with Crippen molar-refractivity contribution in [3.8, 4) is 0 Å². The van der Waals surface area contributed by atoms with Crippen LogP contribution < -0.4 is 0 Å². The Kier molecular flexibility index (Phi) is 7.48. The maximum absolute atomic E-state index is 13.5. The van der Waals surface area contributed by atoms with Gasteiger partial charge in [-0.25, -0.2) is 4.39 Å². The highest BCUT2D eigenvalue weighted by Crippen LogP contribution is 2.16. The SMILES string of the molecule is CCCCCN(Cc1cccn1Cc1cccc(F)c1)C(=O)c1ccc(Cl)cc1. The van der Waals surface area contributed by atoms with Crippen LogP contribution in [-0.2, 0) is 13.1 Å². The molecule has 0 N–H and O–H groups in total. The van der Waals surface area contributed by atoms with E-state index in [1.54, 1.807) is 36.4 Å². The molecule has 0 atom stereocenters. The van der Waals surface area contributed by atoms with Crippen molar-refractivity contribution in [2.45, 2.75) is 39.3 Å². The first-order valence-corrected chi connectivity index (χ1v) is 10.4. The molecule has 0 bridgehead atoms. The van der Waals surface area contributed by atoms with Gasteiger partial charge < -0.3 is 9.47 Å². The quantitative estimate of drug-likeness (QED) is 0.386. The van der Waals surface area contributed by atoms with Gasteiger partial charge in [-0.2, -0.15) is 0 Å². The lowest BCUT2D eigenvalue weighted by Crippen LogP contribution is -2.32. The highest BCUT2D eigenvalue weighted by atomic mass is 35.5. The van der Waals surface area contributed by atoms with Crippen LogP contribution in [0.25, 0.3) is 0 Å². The molecular formula is C24H26ClFN2O. The van der Waals surface area contributed by atoms with Gasteiger partial charge in [0, 0.05) is 35.6 Å². The van der Waals surface area contributed by atoms with Crippen molar-refractivity contribution < 1.29 is 9.18 Å². The second-order valence-electron chi connectivity index (χ2n) is 7.20. The summed E-state index contributed by atoms with van der Waals surface area (Å²) >= 11 is 5.97. The molecule has 0 fully saturated rings. The van der Waals surface area contributed by atoms with E-state index in [1.807, 2.05) is 29.3 Å². The van der Waals surface area contributed by atoms with E-state index in [1.165, 1.54) is 6.07 Å². The molecule has 0 aliphatic heterocycles. The molecule has 3 rings (SSSR count). The van der Waals surface area contributed by atoms with Crippen LogP contribution in [0.3, 0.4) is 0 Å². The van der Waals surface area contributed by atoms with E-state index in [9.17, 15) is 9.18 Å². The molecule has 1 amide bonds. The number of halogens is 2. The lowest BCUT2D eigenvalue weighted by atomic mass is 10.1. The minimum Gasteiger partial charge on any atom is -0.345 e. The largest absolute Gasteiger partial charge is 0.345 e. The average Bonchev–Trinajstić information content (AvgIpc) is 3.14. The molecule has 5 heteroatoms. The average molecular weight is 413 g/mol. The molecule has 0 aliphatic rings. The molecule has 29 heavy (non-hydrogen) atoms. The van der Waals surface area contributed by atoms with E-state index in [0.717, 1.165) is 30.5 Å². The van der Waals surface area contributed by atoms with E-state index in [2.05, 4.69) is 11.5 Å². The van der Waals surface area contributed by atoms with Gasteiger partial charge in [0.05, 0.1) is 6.54 Å². The van der Waals surface area contributed by atoms with E-state index in [4.69, 9.17) is 11.6 Å². The zero-order valence-corrected chi connectivity index (χ0v) is 17.4. The van der Waals surface area contributed by atoms with Crippen molar-refractivity contribution in [3.05, 3.63) is 94.5 Å². The first kappa shape index (κ1) is 21.1. The molecule has 3 aromatic rings. The predicted octanol–water partition coefficient (Wildman–Crippen LogP) is 6.16. The van der Waals surface area contributed by atoms with Crippen molar-refractivity contribution in [1.29, 1.82) is 0 Å². The summed E-state index contributed by atoms with van der Waals surface area (Å²) in [5.74, 6) is -0.244. The summed E-state index contributed by atoms with van der Waals surface area (Å²) in [5, 5.41) is 0.614. The lowest BCUT2D eigenvalue weighted by molar-refractivity contribution is 0.0736. The molecule has 2 aromatic carbocycles.